The van der Waals surface area contributed by atoms with Crippen LogP contribution in [0.15, 0.2) is 199 Å². The van der Waals surface area contributed by atoms with E-state index in [9.17, 15) is 0 Å². The number of benzene rings is 9. The highest BCUT2D eigenvalue weighted by Crippen LogP contribution is 2.45. The third kappa shape index (κ3) is 4.70. The smallest absolute Gasteiger partial charge is 0.159 e. The molecule has 0 spiro atoms. The second kappa shape index (κ2) is 12.2. The Morgan fingerprint density at radius 1 is 0.429 bits per heavy atom. The van der Waals surface area contributed by atoms with Crippen LogP contribution in [0.2, 0.25) is 0 Å². The number of furan rings is 1. The lowest BCUT2D eigenvalue weighted by Gasteiger charge is -2.26. The van der Waals surface area contributed by atoms with Crippen molar-refractivity contribution < 1.29 is 4.42 Å². The molecule has 0 N–H and O–H groups in total. The number of nitrogens with zero attached hydrogens (tertiary/aromatic N) is 2. The molecule has 0 atom stereocenters. The fourth-order valence-corrected chi connectivity index (χ4v) is 9.95. The van der Waals surface area contributed by atoms with Crippen LogP contribution >= 0.6 is 11.3 Å². The van der Waals surface area contributed by atoms with Crippen LogP contribution in [-0.4, -0.2) is 4.57 Å². The molecule has 12 aromatic rings. The van der Waals surface area contributed by atoms with Crippen molar-refractivity contribution in [1.29, 1.82) is 0 Å². The van der Waals surface area contributed by atoms with Gasteiger partial charge < -0.3 is 13.9 Å². The average molecular weight is 733 g/mol. The van der Waals surface area contributed by atoms with Crippen molar-refractivity contribution in [2.24, 2.45) is 0 Å². The Labute approximate surface area is 326 Å². The molecule has 9 aromatic carbocycles. The summed E-state index contributed by atoms with van der Waals surface area (Å²) in [5.74, 6) is 0. The molecule has 12 rings (SSSR count). The Bertz CT molecular complexity index is 3500. The summed E-state index contributed by atoms with van der Waals surface area (Å²) in [5, 5.41) is 9.83. The Hall–Kier alpha value is -7.14. The Morgan fingerprint density at radius 3 is 2.04 bits per heavy atom. The summed E-state index contributed by atoms with van der Waals surface area (Å²) >= 11 is 1.84. The number of rotatable bonds is 5. The molecule has 4 heteroatoms. The highest BCUT2D eigenvalue weighted by atomic mass is 32.1. The molecule has 3 heterocycles. The molecule has 0 unspecified atom stereocenters. The first-order valence-corrected chi connectivity index (χ1v) is 19.8. The van der Waals surface area contributed by atoms with E-state index in [2.05, 4.69) is 198 Å². The summed E-state index contributed by atoms with van der Waals surface area (Å²) in [5.41, 5.74) is 10.8. The van der Waals surface area contributed by atoms with Crippen LogP contribution in [-0.2, 0) is 0 Å². The van der Waals surface area contributed by atoms with Gasteiger partial charge in [-0.25, -0.2) is 0 Å². The minimum absolute atomic E-state index is 0.876. The normalized spacial score (nSPS) is 11.9. The van der Waals surface area contributed by atoms with E-state index >= 15 is 0 Å². The lowest BCUT2D eigenvalue weighted by molar-refractivity contribution is 0.669. The van der Waals surface area contributed by atoms with E-state index in [0.29, 0.717) is 0 Å². The predicted molar refractivity (Wildman–Crippen MR) is 239 cm³/mol. The van der Waals surface area contributed by atoms with Gasteiger partial charge in [0.15, 0.2) is 5.58 Å². The number of anilines is 3. The summed E-state index contributed by atoms with van der Waals surface area (Å²) in [6.07, 6.45) is 0. The van der Waals surface area contributed by atoms with Gasteiger partial charge in [-0.05, 0) is 77.2 Å². The molecule has 56 heavy (non-hydrogen) atoms. The first-order valence-electron chi connectivity index (χ1n) is 19.0. The zero-order chi connectivity index (χ0) is 36.7. The molecule has 3 aromatic heterocycles. The summed E-state index contributed by atoms with van der Waals surface area (Å²) in [7, 11) is 0. The number of thiophene rings is 1. The highest BCUT2D eigenvalue weighted by molar-refractivity contribution is 7.25. The zero-order valence-corrected chi connectivity index (χ0v) is 31.0. The molecular formula is C52H32N2OS. The molecule has 0 saturated heterocycles. The van der Waals surface area contributed by atoms with Gasteiger partial charge in [-0.2, -0.15) is 0 Å². The maximum Gasteiger partial charge on any atom is 0.159 e. The fourth-order valence-electron chi connectivity index (χ4n) is 8.82. The summed E-state index contributed by atoms with van der Waals surface area (Å²) < 4.78 is 11.6. The van der Waals surface area contributed by atoms with Crippen molar-refractivity contribution >= 4 is 103 Å². The Balaban J connectivity index is 1.01. The van der Waals surface area contributed by atoms with Gasteiger partial charge in [0.1, 0.15) is 5.58 Å². The average Bonchev–Trinajstić information content (AvgIpc) is 3.94. The van der Waals surface area contributed by atoms with E-state index in [-0.39, 0.29) is 0 Å². The Kier molecular flexibility index (Phi) is 6.80. The number of aromatic nitrogens is 1. The van der Waals surface area contributed by atoms with Crippen LogP contribution in [0.25, 0.3) is 91.5 Å². The van der Waals surface area contributed by atoms with Crippen LogP contribution in [0, 0.1) is 0 Å². The largest absolute Gasteiger partial charge is 0.454 e. The fraction of sp³-hybridized carbons (Fsp3) is 0. The van der Waals surface area contributed by atoms with Crippen molar-refractivity contribution in [3.63, 3.8) is 0 Å². The summed E-state index contributed by atoms with van der Waals surface area (Å²) in [4.78, 5) is 2.35. The lowest BCUT2D eigenvalue weighted by Crippen LogP contribution is -2.10. The van der Waals surface area contributed by atoms with Crippen molar-refractivity contribution in [3.8, 4) is 16.8 Å². The van der Waals surface area contributed by atoms with E-state index in [1.165, 1.54) is 52.8 Å². The molecule has 0 amide bonds. The maximum absolute atomic E-state index is 6.63. The van der Waals surface area contributed by atoms with Crippen molar-refractivity contribution in [2.45, 2.75) is 0 Å². The van der Waals surface area contributed by atoms with E-state index in [1.807, 2.05) is 17.4 Å². The van der Waals surface area contributed by atoms with Gasteiger partial charge in [-0.3, -0.25) is 0 Å². The first kappa shape index (κ1) is 31.2. The Morgan fingerprint density at radius 2 is 1.12 bits per heavy atom. The highest BCUT2D eigenvalue weighted by Gasteiger charge is 2.21. The van der Waals surface area contributed by atoms with E-state index < -0.39 is 0 Å². The SMILES string of the molecule is c1cc(-c2ccc(N(c3ccc4c(c3)sc3ccccc34)c3cccc4c3oc3ccccc34)cc2)cc(-n2c3ccccc3c3ccc4ccccc4c32)c1. The van der Waals surface area contributed by atoms with E-state index in [0.717, 1.165) is 55.8 Å². The number of para-hydroxylation sites is 3. The second-order valence-corrected chi connectivity index (χ2v) is 15.6. The van der Waals surface area contributed by atoms with Crippen molar-refractivity contribution in [3.05, 3.63) is 194 Å². The van der Waals surface area contributed by atoms with Gasteiger partial charge in [-0.1, -0.05) is 133 Å². The summed E-state index contributed by atoms with van der Waals surface area (Å²) in [6, 6.07) is 70.2. The van der Waals surface area contributed by atoms with Gasteiger partial charge in [-0.15, -0.1) is 11.3 Å². The molecule has 0 radical (unpaired) electrons. The minimum Gasteiger partial charge on any atom is -0.454 e. The number of hydrogen-bond donors (Lipinski definition) is 0. The van der Waals surface area contributed by atoms with Gasteiger partial charge in [0, 0.05) is 64.2 Å². The van der Waals surface area contributed by atoms with Gasteiger partial charge in [0.25, 0.3) is 0 Å². The molecule has 0 bridgehead atoms. The van der Waals surface area contributed by atoms with Crippen LogP contribution < -0.4 is 4.90 Å². The third-order valence-corrected chi connectivity index (χ3v) is 12.5. The van der Waals surface area contributed by atoms with Gasteiger partial charge in [0.05, 0.1) is 16.7 Å². The van der Waals surface area contributed by atoms with E-state index in [1.54, 1.807) is 0 Å². The molecule has 0 aliphatic carbocycles. The second-order valence-electron chi connectivity index (χ2n) is 14.5. The van der Waals surface area contributed by atoms with Crippen molar-refractivity contribution in [2.75, 3.05) is 4.90 Å². The monoisotopic (exact) mass is 732 g/mol. The third-order valence-electron chi connectivity index (χ3n) is 11.4. The standard InChI is InChI=1S/C52H32N2OS/c1-2-14-39-34(11-1)25-29-44-40-15-3-6-19-46(40)54(51(39)44)37-13-9-12-35(31-37)33-23-26-36(27-24-33)53(38-28-30-43-42-17-5-8-22-49(42)56-50(43)32-38)47-20-10-18-45-41-16-4-7-21-48(41)55-52(45)47/h1-32H. The minimum atomic E-state index is 0.876. The van der Waals surface area contributed by atoms with Crippen LogP contribution in [0.4, 0.5) is 17.1 Å². The predicted octanol–water partition coefficient (Wildman–Crippen LogP) is 15.3. The molecule has 262 valence electrons. The zero-order valence-electron chi connectivity index (χ0n) is 30.2. The van der Waals surface area contributed by atoms with Gasteiger partial charge >= 0.3 is 0 Å². The van der Waals surface area contributed by atoms with Crippen molar-refractivity contribution in [1.82, 2.24) is 4.57 Å². The van der Waals surface area contributed by atoms with Crippen LogP contribution in [0.5, 0.6) is 0 Å². The van der Waals surface area contributed by atoms with Crippen LogP contribution in [0.3, 0.4) is 0 Å². The molecule has 0 aliphatic heterocycles. The van der Waals surface area contributed by atoms with Gasteiger partial charge in [0.2, 0.25) is 0 Å². The first-order chi connectivity index (χ1) is 27.8. The van der Waals surface area contributed by atoms with Crippen LogP contribution in [0.1, 0.15) is 0 Å². The number of fused-ring (bicyclic) bond motifs is 11. The molecule has 0 saturated carbocycles. The van der Waals surface area contributed by atoms with E-state index in [4.69, 9.17) is 4.42 Å². The topological polar surface area (TPSA) is 21.3 Å². The molecular weight excluding hydrogens is 701 g/mol. The molecule has 0 fully saturated rings. The maximum atomic E-state index is 6.63. The summed E-state index contributed by atoms with van der Waals surface area (Å²) in [6.45, 7) is 0. The lowest BCUT2D eigenvalue weighted by atomic mass is 10.0. The quantitative estimate of drug-likeness (QED) is 0.176. The number of hydrogen-bond acceptors (Lipinski definition) is 3. The molecule has 3 nitrogen and oxygen atoms in total. The molecule has 0 aliphatic rings.